The fraction of sp³-hybridized carbons (Fsp3) is 0.160. The molecule has 0 aliphatic heterocycles. The zero-order chi connectivity index (χ0) is 36.2. The molecule has 7 aromatic rings. The van der Waals surface area contributed by atoms with Gasteiger partial charge in [0.15, 0.2) is 0 Å². The Morgan fingerprint density at radius 1 is 0.385 bits per heavy atom. The summed E-state index contributed by atoms with van der Waals surface area (Å²) in [5, 5.41) is 4.84. The van der Waals surface area contributed by atoms with Crippen LogP contribution in [0.1, 0.15) is 75.6 Å². The zero-order valence-electron chi connectivity index (χ0n) is 31.2. The number of nitrogens with zero attached hydrogens (tertiary/aromatic N) is 2. The van der Waals surface area contributed by atoms with Gasteiger partial charge in [-0.25, -0.2) is 0 Å². The van der Waals surface area contributed by atoms with Gasteiger partial charge in [0, 0.05) is 34.5 Å². The van der Waals surface area contributed by atoms with Crippen LogP contribution in [0, 0.1) is 0 Å². The van der Waals surface area contributed by atoms with E-state index >= 15 is 0 Å². The van der Waals surface area contributed by atoms with E-state index in [4.69, 9.17) is 0 Å². The van der Waals surface area contributed by atoms with Crippen LogP contribution >= 0.6 is 0 Å². The Morgan fingerprint density at radius 3 is 1.02 bits per heavy atom. The molecule has 0 spiro atoms. The van der Waals surface area contributed by atoms with Crippen molar-refractivity contribution < 1.29 is 0 Å². The van der Waals surface area contributed by atoms with E-state index in [-0.39, 0.29) is 0 Å². The minimum atomic E-state index is 0.441. The lowest BCUT2D eigenvalue weighted by molar-refractivity contribution is 0.866. The minimum absolute atomic E-state index is 0.441. The number of fused-ring (bicyclic) bond motifs is 3. The molecule has 52 heavy (non-hydrogen) atoms. The van der Waals surface area contributed by atoms with E-state index in [1.54, 1.807) is 0 Å². The first kappa shape index (κ1) is 34.6. The van der Waals surface area contributed by atoms with E-state index < -0.39 is 0 Å². The molecule has 0 saturated heterocycles. The number of hydrogen-bond donors (Lipinski definition) is 0. The maximum Gasteiger partial charge on any atom is 0.0783 e. The molecule has 0 fully saturated rings. The van der Waals surface area contributed by atoms with E-state index in [1.165, 1.54) is 54.9 Å². The van der Waals surface area contributed by atoms with E-state index in [2.05, 4.69) is 221 Å². The molecule has 0 aromatic heterocycles. The molecule has 0 aliphatic carbocycles. The summed E-state index contributed by atoms with van der Waals surface area (Å²) in [6, 6.07) is 57.4. The molecule has 2 heteroatoms. The van der Waals surface area contributed by atoms with Crippen LogP contribution in [0.2, 0.25) is 0 Å². The third kappa shape index (κ3) is 7.02. The smallest absolute Gasteiger partial charge is 0.0783 e. The van der Waals surface area contributed by atoms with Gasteiger partial charge in [-0.1, -0.05) is 161 Å². The van der Waals surface area contributed by atoms with Gasteiger partial charge in [-0.2, -0.15) is 0 Å². The lowest BCUT2D eigenvalue weighted by Crippen LogP contribution is -2.18. The summed E-state index contributed by atoms with van der Waals surface area (Å²) in [4.78, 5) is 4.86. The van der Waals surface area contributed by atoms with Gasteiger partial charge in [-0.15, -0.1) is 0 Å². The van der Waals surface area contributed by atoms with Gasteiger partial charge >= 0.3 is 0 Å². The second-order valence-electron chi connectivity index (χ2n) is 14.4. The average molecular weight is 677 g/mol. The second kappa shape index (κ2) is 15.2. The minimum Gasteiger partial charge on any atom is -0.314 e. The Kier molecular flexibility index (Phi) is 10.1. The first-order valence-electron chi connectivity index (χ1n) is 18.5. The molecule has 2 nitrogen and oxygen atoms in total. The van der Waals surface area contributed by atoms with Gasteiger partial charge < -0.3 is 9.80 Å². The Labute approximate surface area is 310 Å². The van der Waals surface area contributed by atoms with Gasteiger partial charge in [0.05, 0.1) is 11.4 Å². The maximum absolute atomic E-state index is 2.43. The number of allylic oxidation sites excluding steroid dienone is 2. The van der Waals surface area contributed by atoms with Crippen LogP contribution in [0.4, 0.5) is 22.7 Å². The lowest BCUT2D eigenvalue weighted by atomic mass is 9.95. The first-order valence-corrected chi connectivity index (χ1v) is 18.5. The topological polar surface area (TPSA) is 6.48 Å². The normalized spacial score (nSPS) is 12.2. The molecule has 0 N–H and O–H groups in total. The fourth-order valence-corrected chi connectivity index (χ4v) is 7.11. The molecule has 7 aromatic carbocycles. The third-order valence-corrected chi connectivity index (χ3v) is 10.1. The summed E-state index contributed by atoms with van der Waals surface area (Å²) in [5.74, 6) is 0.883. The monoisotopic (exact) mass is 676 g/mol. The van der Waals surface area contributed by atoms with Crippen LogP contribution < -0.4 is 9.80 Å². The van der Waals surface area contributed by atoms with Gasteiger partial charge in [0.2, 0.25) is 0 Å². The van der Waals surface area contributed by atoms with Crippen molar-refractivity contribution in [1.82, 2.24) is 0 Å². The maximum atomic E-state index is 2.43. The number of hydrogen-bond acceptors (Lipinski definition) is 2. The summed E-state index contributed by atoms with van der Waals surface area (Å²) in [7, 11) is 0. The van der Waals surface area contributed by atoms with Crippen LogP contribution in [0.25, 0.3) is 32.7 Å². The highest BCUT2D eigenvalue weighted by molar-refractivity contribution is 6.22. The molecule has 0 heterocycles. The van der Waals surface area contributed by atoms with Crippen LogP contribution in [-0.4, -0.2) is 0 Å². The zero-order valence-corrected chi connectivity index (χ0v) is 31.2. The van der Waals surface area contributed by atoms with Crippen molar-refractivity contribution in [3.63, 3.8) is 0 Å². The standard InChI is InChI=1S/C50H48N2/c1-35(2)39-25-29-43(30-26-39)51(33-37(5)41-17-9-7-10-18-41)49-47-23-15-13-21-45(47)46-22-14-16-24-48(46)50(49)52(34-38(6)42-19-11-8-12-20-42)44-31-27-40(28-32-44)36(3)4/h7-36H,1-6H3. The Balaban J connectivity index is 1.61. The summed E-state index contributed by atoms with van der Waals surface area (Å²) in [5.41, 5.74) is 11.9. The van der Waals surface area contributed by atoms with Gasteiger partial charge in [0.25, 0.3) is 0 Å². The lowest BCUT2D eigenvalue weighted by Gasteiger charge is -2.33. The van der Waals surface area contributed by atoms with Crippen LogP contribution in [0.3, 0.4) is 0 Å². The highest BCUT2D eigenvalue weighted by atomic mass is 15.2. The van der Waals surface area contributed by atoms with Crippen LogP contribution in [-0.2, 0) is 0 Å². The molecule has 0 amide bonds. The van der Waals surface area contributed by atoms with Gasteiger partial charge in [-0.3, -0.25) is 0 Å². The molecule has 0 atom stereocenters. The summed E-state index contributed by atoms with van der Waals surface area (Å²) >= 11 is 0. The van der Waals surface area contributed by atoms with Crippen molar-refractivity contribution in [2.45, 2.75) is 53.4 Å². The highest BCUT2D eigenvalue weighted by Crippen LogP contribution is 2.49. The molecule has 7 rings (SSSR count). The number of anilines is 4. The molecule has 258 valence electrons. The van der Waals surface area contributed by atoms with E-state index in [9.17, 15) is 0 Å². The van der Waals surface area contributed by atoms with Crippen molar-refractivity contribution >= 4 is 55.4 Å². The summed E-state index contributed by atoms with van der Waals surface area (Å²) < 4.78 is 0. The van der Waals surface area contributed by atoms with Gasteiger partial charge in [0.1, 0.15) is 0 Å². The highest BCUT2D eigenvalue weighted by Gasteiger charge is 2.25. The molecule has 0 unspecified atom stereocenters. The Hall–Kier alpha value is -5.86. The average Bonchev–Trinajstić information content (AvgIpc) is 3.19. The molecule has 0 radical (unpaired) electrons. The molecule has 0 aliphatic rings. The fourth-order valence-electron chi connectivity index (χ4n) is 7.11. The van der Waals surface area contributed by atoms with E-state index in [0.717, 1.165) is 22.7 Å². The number of rotatable bonds is 10. The molecular weight excluding hydrogens is 629 g/mol. The van der Waals surface area contributed by atoms with Crippen molar-refractivity contribution in [1.29, 1.82) is 0 Å². The van der Waals surface area contributed by atoms with E-state index in [1.807, 2.05) is 0 Å². The Morgan fingerprint density at radius 2 is 0.692 bits per heavy atom. The van der Waals surface area contributed by atoms with Crippen molar-refractivity contribution in [3.8, 4) is 0 Å². The predicted molar refractivity (Wildman–Crippen MR) is 227 cm³/mol. The van der Waals surface area contributed by atoms with Crippen LogP contribution in [0.15, 0.2) is 170 Å². The molecule has 0 bridgehead atoms. The Bertz CT molecular complexity index is 2180. The molecular formula is C50H48N2. The van der Waals surface area contributed by atoms with E-state index in [0.29, 0.717) is 11.8 Å². The van der Waals surface area contributed by atoms with Crippen molar-refractivity contribution in [2.75, 3.05) is 9.80 Å². The van der Waals surface area contributed by atoms with Crippen molar-refractivity contribution in [2.24, 2.45) is 0 Å². The van der Waals surface area contributed by atoms with Crippen molar-refractivity contribution in [3.05, 3.63) is 192 Å². The third-order valence-electron chi connectivity index (χ3n) is 10.1. The van der Waals surface area contributed by atoms with Gasteiger partial charge in [-0.05, 0) is 94.1 Å². The quantitative estimate of drug-likeness (QED) is 0.105. The second-order valence-corrected chi connectivity index (χ2v) is 14.4. The first-order chi connectivity index (χ1) is 25.3. The molecule has 0 saturated carbocycles. The summed E-state index contributed by atoms with van der Waals surface area (Å²) in [6.07, 6.45) is 4.65. The summed E-state index contributed by atoms with van der Waals surface area (Å²) in [6.45, 7) is 13.5. The number of benzene rings is 7. The predicted octanol–water partition coefficient (Wildman–Crippen LogP) is 14.6. The largest absolute Gasteiger partial charge is 0.314 e. The SMILES string of the molecule is CC(=CN(c1ccc(C(C)C)cc1)c1c(N(C=C(C)c2ccccc2)c2ccc(C(C)C)cc2)c2ccccc2c2ccccc12)c1ccccc1. The van der Waals surface area contributed by atoms with Crippen LogP contribution in [0.5, 0.6) is 0 Å².